The van der Waals surface area contributed by atoms with Gasteiger partial charge in [0.05, 0.1) is 25.2 Å². The molecular formula is C54H99NO5. The van der Waals surface area contributed by atoms with Gasteiger partial charge in [-0.05, 0) is 89.9 Å². The van der Waals surface area contributed by atoms with Crippen LogP contribution in [-0.2, 0) is 14.3 Å². The van der Waals surface area contributed by atoms with Crippen molar-refractivity contribution in [1.82, 2.24) is 5.32 Å². The van der Waals surface area contributed by atoms with E-state index in [1.807, 2.05) is 0 Å². The van der Waals surface area contributed by atoms with Gasteiger partial charge in [0.15, 0.2) is 0 Å². The van der Waals surface area contributed by atoms with Crippen molar-refractivity contribution in [3.63, 3.8) is 0 Å². The van der Waals surface area contributed by atoms with Crippen LogP contribution < -0.4 is 5.32 Å². The van der Waals surface area contributed by atoms with Crippen molar-refractivity contribution in [2.24, 2.45) is 0 Å². The first-order valence-corrected chi connectivity index (χ1v) is 25.9. The zero-order chi connectivity index (χ0) is 43.8. The molecule has 1 amide bonds. The van der Waals surface area contributed by atoms with Crippen molar-refractivity contribution < 1.29 is 24.5 Å². The van der Waals surface area contributed by atoms with E-state index in [1.54, 1.807) is 0 Å². The van der Waals surface area contributed by atoms with Crippen LogP contribution in [0.15, 0.2) is 48.6 Å². The molecule has 0 fully saturated rings. The molecule has 0 rings (SSSR count). The number of aliphatic hydroxyl groups excluding tert-OH is 2. The Morgan fingerprint density at radius 3 is 1.30 bits per heavy atom. The molecule has 0 aromatic carbocycles. The van der Waals surface area contributed by atoms with Crippen molar-refractivity contribution in [1.29, 1.82) is 0 Å². The van der Waals surface area contributed by atoms with Gasteiger partial charge >= 0.3 is 5.97 Å². The maximum atomic E-state index is 13.2. The predicted octanol–water partition coefficient (Wildman–Crippen LogP) is 15.5. The van der Waals surface area contributed by atoms with Gasteiger partial charge in [-0.2, -0.15) is 0 Å². The fourth-order valence-electron chi connectivity index (χ4n) is 7.67. The quantitative estimate of drug-likeness (QED) is 0.0322. The number of amides is 1. The number of rotatable bonds is 46. The lowest BCUT2D eigenvalue weighted by atomic mass is 10.0. The Labute approximate surface area is 372 Å². The van der Waals surface area contributed by atoms with E-state index >= 15 is 0 Å². The van der Waals surface area contributed by atoms with E-state index in [2.05, 4.69) is 74.7 Å². The maximum Gasteiger partial charge on any atom is 0.306 e. The van der Waals surface area contributed by atoms with E-state index in [0.717, 1.165) is 83.5 Å². The van der Waals surface area contributed by atoms with Crippen LogP contribution in [-0.4, -0.2) is 46.9 Å². The molecule has 0 saturated heterocycles. The van der Waals surface area contributed by atoms with Gasteiger partial charge in [-0.1, -0.05) is 204 Å². The number of hydrogen-bond acceptors (Lipinski definition) is 5. The highest BCUT2D eigenvalue weighted by Crippen LogP contribution is 2.17. The second-order valence-corrected chi connectivity index (χ2v) is 17.6. The van der Waals surface area contributed by atoms with E-state index in [-0.39, 0.29) is 24.9 Å². The number of allylic oxidation sites excluding steroid dienone is 8. The smallest absolute Gasteiger partial charge is 0.306 e. The standard InChI is InChI=1S/C54H99NO5/c1-4-7-10-13-16-19-21-23-25-26-28-30-32-35-38-41-44-47-54(59)60-50(45-42-39-36-34-31-29-27-24-22-20-17-14-11-8-5-2)48-53(58)55-51(49-56)52(57)46-43-40-37-33-18-15-12-9-6-3/h16-17,19-20,23-25,27,50-52,56-57H,4-15,18,21-22,26,28-49H2,1-3H3,(H,55,58)/b19-16-,20-17-,25-23-,27-24-. The third-order valence-electron chi connectivity index (χ3n) is 11.6. The minimum Gasteiger partial charge on any atom is -0.462 e. The monoisotopic (exact) mass is 842 g/mol. The van der Waals surface area contributed by atoms with Crippen molar-refractivity contribution in [2.45, 2.75) is 277 Å². The summed E-state index contributed by atoms with van der Waals surface area (Å²) in [6, 6.07) is -0.706. The summed E-state index contributed by atoms with van der Waals surface area (Å²) in [5, 5.41) is 23.7. The third-order valence-corrected chi connectivity index (χ3v) is 11.6. The molecule has 60 heavy (non-hydrogen) atoms. The molecule has 350 valence electrons. The first-order chi connectivity index (χ1) is 29.5. The molecular weight excluding hydrogens is 743 g/mol. The van der Waals surface area contributed by atoms with E-state index in [9.17, 15) is 19.8 Å². The molecule has 0 aliphatic heterocycles. The molecule has 0 spiro atoms. The molecule has 0 aliphatic carbocycles. The summed E-state index contributed by atoms with van der Waals surface area (Å²) in [6.45, 7) is 6.41. The molecule has 0 radical (unpaired) electrons. The largest absolute Gasteiger partial charge is 0.462 e. The van der Waals surface area contributed by atoms with Crippen LogP contribution in [0.4, 0.5) is 0 Å². The fraction of sp³-hybridized carbons (Fsp3) is 0.815. The molecule has 0 aromatic rings. The van der Waals surface area contributed by atoms with Crippen LogP contribution in [0.5, 0.6) is 0 Å². The van der Waals surface area contributed by atoms with Crippen LogP contribution in [0, 0.1) is 0 Å². The van der Waals surface area contributed by atoms with Crippen LogP contribution in [0.3, 0.4) is 0 Å². The number of esters is 1. The number of carbonyl (C=O) groups is 2. The Balaban J connectivity index is 4.59. The highest BCUT2D eigenvalue weighted by atomic mass is 16.5. The van der Waals surface area contributed by atoms with Gasteiger partial charge in [0.1, 0.15) is 6.10 Å². The lowest BCUT2D eigenvalue weighted by molar-refractivity contribution is -0.151. The molecule has 0 saturated carbocycles. The van der Waals surface area contributed by atoms with E-state index < -0.39 is 18.2 Å². The number of hydrogen-bond donors (Lipinski definition) is 3. The highest BCUT2D eigenvalue weighted by molar-refractivity contribution is 5.77. The summed E-state index contributed by atoms with van der Waals surface area (Å²) in [6.07, 6.45) is 57.4. The number of unbranched alkanes of at least 4 members (excludes halogenated alkanes) is 26. The number of aliphatic hydroxyl groups is 2. The minimum absolute atomic E-state index is 0.0653. The fourth-order valence-corrected chi connectivity index (χ4v) is 7.67. The third kappa shape index (κ3) is 42.5. The second kappa shape index (κ2) is 47.9. The van der Waals surface area contributed by atoms with Gasteiger partial charge < -0.3 is 20.3 Å². The SMILES string of the molecule is CCCCC/C=C\C/C=C\CCCCCCCCCC(=O)OC(CCCCCCC/C=C\C/C=C\CCCCC)CC(=O)NC(CO)C(O)CCCCCCCCCCC. The molecule has 6 heteroatoms. The zero-order valence-electron chi connectivity index (χ0n) is 39.8. The van der Waals surface area contributed by atoms with Gasteiger partial charge in [0.25, 0.3) is 0 Å². The van der Waals surface area contributed by atoms with Crippen LogP contribution in [0.2, 0.25) is 0 Å². The van der Waals surface area contributed by atoms with E-state index in [1.165, 1.54) is 128 Å². The summed E-state index contributed by atoms with van der Waals surface area (Å²) in [5.41, 5.74) is 0. The van der Waals surface area contributed by atoms with Crippen molar-refractivity contribution >= 4 is 11.9 Å². The molecule has 3 N–H and O–H groups in total. The zero-order valence-corrected chi connectivity index (χ0v) is 39.8. The van der Waals surface area contributed by atoms with E-state index in [0.29, 0.717) is 19.3 Å². The topological polar surface area (TPSA) is 95.9 Å². The van der Waals surface area contributed by atoms with Gasteiger partial charge in [0, 0.05) is 6.42 Å². The Hall–Kier alpha value is -2.18. The molecule has 0 aromatic heterocycles. The summed E-state index contributed by atoms with van der Waals surface area (Å²) in [5.74, 6) is -0.493. The minimum atomic E-state index is -0.791. The molecule has 6 nitrogen and oxygen atoms in total. The molecule has 3 unspecified atom stereocenters. The lowest BCUT2D eigenvalue weighted by Gasteiger charge is -2.24. The Morgan fingerprint density at radius 1 is 0.483 bits per heavy atom. The van der Waals surface area contributed by atoms with Gasteiger partial charge in [-0.15, -0.1) is 0 Å². The highest BCUT2D eigenvalue weighted by Gasteiger charge is 2.24. The molecule has 0 bridgehead atoms. The van der Waals surface area contributed by atoms with Crippen LogP contribution in [0.1, 0.15) is 258 Å². The summed E-state index contributed by atoms with van der Waals surface area (Å²) >= 11 is 0. The normalized spacial score (nSPS) is 13.6. The number of nitrogens with one attached hydrogen (secondary N) is 1. The first kappa shape index (κ1) is 57.8. The van der Waals surface area contributed by atoms with Crippen LogP contribution >= 0.6 is 0 Å². The second-order valence-electron chi connectivity index (χ2n) is 17.6. The van der Waals surface area contributed by atoms with E-state index in [4.69, 9.17) is 4.74 Å². The Morgan fingerprint density at radius 2 is 0.850 bits per heavy atom. The lowest BCUT2D eigenvalue weighted by Crippen LogP contribution is -2.46. The average Bonchev–Trinajstić information content (AvgIpc) is 3.24. The van der Waals surface area contributed by atoms with Gasteiger partial charge in [0.2, 0.25) is 5.91 Å². The average molecular weight is 842 g/mol. The number of ether oxygens (including phenoxy) is 1. The number of carbonyl (C=O) groups excluding carboxylic acids is 2. The summed E-state index contributed by atoms with van der Waals surface area (Å²) < 4.78 is 5.93. The van der Waals surface area contributed by atoms with Crippen molar-refractivity contribution in [2.75, 3.05) is 6.61 Å². The van der Waals surface area contributed by atoms with Crippen molar-refractivity contribution in [3.8, 4) is 0 Å². The Bertz CT molecular complexity index is 1040. The van der Waals surface area contributed by atoms with Crippen molar-refractivity contribution in [3.05, 3.63) is 48.6 Å². The first-order valence-electron chi connectivity index (χ1n) is 25.9. The predicted molar refractivity (Wildman–Crippen MR) is 259 cm³/mol. The molecule has 3 atom stereocenters. The Kier molecular flexibility index (Phi) is 46.1. The van der Waals surface area contributed by atoms with Crippen LogP contribution in [0.25, 0.3) is 0 Å². The summed E-state index contributed by atoms with van der Waals surface area (Å²) in [4.78, 5) is 26.1. The van der Waals surface area contributed by atoms with Gasteiger partial charge in [-0.3, -0.25) is 9.59 Å². The van der Waals surface area contributed by atoms with Gasteiger partial charge in [-0.25, -0.2) is 0 Å². The molecule has 0 aliphatic rings. The molecule has 0 heterocycles. The summed E-state index contributed by atoms with van der Waals surface area (Å²) in [7, 11) is 0. The maximum absolute atomic E-state index is 13.2.